The zero-order valence-corrected chi connectivity index (χ0v) is 12.1. The van der Waals surface area contributed by atoms with E-state index in [0.717, 1.165) is 10.1 Å². The number of pyridine rings is 1. The van der Waals surface area contributed by atoms with Gasteiger partial charge in [-0.15, -0.1) is 0 Å². The lowest BCUT2D eigenvalue weighted by Gasteiger charge is -2.46. The monoisotopic (exact) mass is 327 g/mol. The first-order valence-electron chi connectivity index (χ1n) is 6.19. The molecule has 19 heavy (non-hydrogen) atoms. The maximum atomic E-state index is 12.5. The van der Waals surface area contributed by atoms with Crippen LogP contribution in [0.25, 0.3) is 5.65 Å². The van der Waals surface area contributed by atoms with Gasteiger partial charge in [0.15, 0.2) is 5.72 Å². The van der Waals surface area contributed by atoms with Crippen molar-refractivity contribution in [3.63, 3.8) is 0 Å². The molecule has 2 aromatic heterocycles. The third-order valence-corrected chi connectivity index (χ3v) is 4.19. The third kappa shape index (κ3) is 2.17. The number of rotatable bonds is 3. The minimum Gasteiger partial charge on any atom is -0.370 e. The minimum atomic E-state index is -1.15. The Kier molecular flexibility index (Phi) is 3.11. The van der Waals surface area contributed by atoms with E-state index in [9.17, 15) is 9.50 Å². The summed E-state index contributed by atoms with van der Waals surface area (Å²) >= 11 is 3.40. The Labute approximate surface area is 119 Å². The molecular formula is C13H15BrFN3O. The Morgan fingerprint density at radius 1 is 1.58 bits per heavy atom. The summed E-state index contributed by atoms with van der Waals surface area (Å²) in [6.07, 6.45) is 3.69. The number of fused-ring (bicyclic) bond motifs is 1. The fourth-order valence-electron chi connectivity index (χ4n) is 2.37. The number of alkyl halides is 1. The van der Waals surface area contributed by atoms with Gasteiger partial charge in [0, 0.05) is 35.9 Å². The van der Waals surface area contributed by atoms with E-state index in [4.69, 9.17) is 0 Å². The first-order chi connectivity index (χ1) is 9.00. The van der Waals surface area contributed by atoms with E-state index < -0.39 is 5.72 Å². The van der Waals surface area contributed by atoms with Gasteiger partial charge in [0.25, 0.3) is 0 Å². The number of imidazole rings is 1. The van der Waals surface area contributed by atoms with E-state index in [1.807, 2.05) is 33.8 Å². The zero-order chi connectivity index (χ0) is 13.6. The van der Waals surface area contributed by atoms with Crippen LogP contribution in [-0.2, 0) is 5.72 Å². The maximum absolute atomic E-state index is 12.5. The molecule has 0 saturated carbocycles. The Bertz CT molecular complexity index is 607. The number of aliphatic hydroxyl groups is 1. The summed E-state index contributed by atoms with van der Waals surface area (Å²) in [7, 11) is 0. The first kappa shape index (κ1) is 13.0. The minimum absolute atomic E-state index is 0.0395. The van der Waals surface area contributed by atoms with Crippen molar-refractivity contribution in [3.8, 4) is 0 Å². The molecule has 2 aromatic rings. The van der Waals surface area contributed by atoms with Gasteiger partial charge in [-0.2, -0.15) is 0 Å². The largest absolute Gasteiger partial charge is 0.370 e. The highest BCUT2D eigenvalue weighted by Crippen LogP contribution is 2.32. The van der Waals surface area contributed by atoms with Crippen molar-refractivity contribution in [3.05, 3.63) is 34.7 Å². The van der Waals surface area contributed by atoms with Gasteiger partial charge >= 0.3 is 0 Å². The lowest BCUT2D eigenvalue weighted by Crippen LogP contribution is -2.57. The zero-order valence-electron chi connectivity index (χ0n) is 10.6. The highest BCUT2D eigenvalue weighted by atomic mass is 79.9. The topological polar surface area (TPSA) is 40.8 Å². The smallest absolute Gasteiger partial charge is 0.160 e. The molecule has 1 N–H and O–H groups in total. The number of hydrogen-bond donors (Lipinski definition) is 1. The summed E-state index contributed by atoms with van der Waals surface area (Å²) in [6, 6.07) is 3.80. The van der Waals surface area contributed by atoms with E-state index >= 15 is 0 Å². The van der Waals surface area contributed by atoms with Crippen molar-refractivity contribution in [1.82, 2.24) is 14.3 Å². The summed E-state index contributed by atoms with van der Waals surface area (Å²) in [5.74, 6) is 0.0395. The number of hydrogen-bond acceptors (Lipinski definition) is 3. The van der Waals surface area contributed by atoms with Crippen molar-refractivity contribution < 1.29 is 9.50 Å². The third-order valence-electron chi connectivity index (χ3n) is 3.70. The summed E-state index contributed by atoms with van der Waals surface area (Å²) in [6.45, 7) is 2.52. The molecule has 0 aliphatic carbocycles. The number of halogens is 2. The fourth-order valence-corrected chi connectivity index (χ4v) is 2.69. The van der Waals surface area contributed by atoms with E-state index in [1.165, 1.54) is 0 Å². The Morgan fingerprint density at radius 3 is 3.00 bits per heavy atom. The van der Waals surface area contributed by atoms with E-state index in [2.05, 4.69) is 20.9 Å². The van der Waals surface area contributed by atoms with E-state index in [1.54, 1.807) is 6.92 Å². The van der Waals surface area contributed by atoms with Gasteiger partial charge in [0.1, 0.15) is 11.3 Å². The average molecular weight is 328 g/mol. The second kappa shape index (κ2) is 4.54. The summed E-state index contributed by atoms with van der Waals surface area (Å²) in [5.41, 5.74) is 0.208. The predicted molar refractivity (Wildman–Crippen MR) is 73.5 cm³/mol. The van der Waals surface area contributed by atoms with Crippen LogP contribution in [0.1, 0.15) is 12.6 Å². The molecule has 1 unspecified atom stereocenters. The van der Waals surface area contributed by atoms with Gasteiger partial charge in [-0.25, -0.2) is 4.98 Å². The second-order valence-electron chi connectivity index (χ2n) is 5.18. The van der Waals surface area contributed by atoms with Crippen molar-refractivity contribution in [2.75, 3.05) is 19.8 Å². The van der Waals surface area contributed by atoms with Gasteiger partial charge in [-0.3, -0.25) is 9.29 Å². The number of nitrogens with zero attached hydrogens (tertiary/aromatic N) is 3. The molecule has 1 saturated heterocycles. The van der Waals surface area contributed by atoms with Crippen molar-refractivity contribution in [2.24, 2.45) is 5.92 Å². The van der Waals surface area contributed by atoms with Crippen LogP contribution >= 0.6 is 15.9 Å². The molecule has 1 aliphatic rings. The van der Waals surface area contributed by atoms with Crippen LogP contribution < -0.4 is 0 Å². The van der Waals surface area contributed by atoms with Crippen molar-refractivity contribution in [2.45, 2.75) is 12.6 Å². The van der Waals surface area contributed by atoms with Crippen LogP contribution in [0.5, 0.6) is 0 Å². The first-order valence-corrected chi connectivity index (χ1v) is 6.98. The molecule has 0 bridgehead atoms. The van der Waals surface area contributed by atoms with Gasteiger partial charge < -0.3 is 9.51 Å². The fraction of sp³-hybridized carbons (Fsp3) is 0.462. The van der Waals surface area contributed by atoms with Crippen molar-refractivity contribution in [1.29, 1.82) is 0 Å². The molecular weight excluding hydrogens is 313 g/mol. The molecule has 0 aromatic carbocycles. The maximum Gasteiger partial charge on any atom is 0.160 e. The highest BCUT2D eigenvalue weighted by Gasteiger charge is 2.41. The molecule has 1 aliphatic heterocycles. The lowest BCUT2D eigenvalue weighted by atomic mass is 9.96. The van der Waals surface area contributed by atoms with E-state index in [0.29, 0.717) is 18.8 Å². The summed E-state index contributed by atoms with van der Waals surface area (Å²) < 4.78 is 15.3. The number of likely N-dealkylation sites (tertiary alicyclic amines) is 1. The SMILES string of the molecule is CC(O)(c1cn2ccc(Br)cc2n1)N1CC(CF)C1. The van der Waals surface area contributed by atoms with E-state index in [-0.39, 0.29) is 12.6 Å². The average Bonchev–Trinajstić information content (AvgIpc) is 2.70. The van der Waals surface area contributed by atoms with Gasteiger partial charge in [-0.05, 0) is 19.1 Å². The van der Waals surface area contributed by atoms with Crippen LogP contribution in [0.2, 0.25) is 0 Å². The number of aromatic nitrogens is 2. The molecule has 0 spiro atoms. The normalized spacial score (nSPS) is 20.4. The summed E-state index contributed by atoms with van der Waals surface area (Å²) in [4.78, 5) is 6.29. The highest BCUT2D eigenvalue weighted by molar-refractivity contribution is 9.10. The molecule has 3 heterocycles. The van der Waals surface area contributed by atoms with Crippen LogP contribution in [0.3, 0.4) is 0 Å². The molecule has 6 heteroatoms. The second-order valence-corrected chi connectivity index (χ2v) is 6.10. The summed E-state index contributed by atoms with van der Waals surface area (Å²) in [5, 5.41) is 10.6. The Hall–Kier alpha value is -0.980. The molecule has 1 fully saturated rings. The standard InChI is InChI=1S/C13H15BrFN3O/c1-13(19,18-6-9(5-15)7-18)11-8-17-3-2-10(14)4-12(17)16-11/h2-4,8-9,19H,5-7H2,1H3. The van der Waals surface area contributed by atoms with Gasteiger partial charge in [0.05, 0.1) is 6.67 Å². The molecule has 4 nitrogen and oxygen atoms in total. The van der Waals surface area contributed by atoms with Crippen LogP contribution in [-0.4, -0.2) is 39.2 Å². The van der Waals surface area contributed by atoms with Crippen LogP contribution in [0, 0.1) is 5.92 Å². The quantitative estimate of drug-likeness (QED) is 0.939. The predicted octanol–water partition coefficient (Wildman–Crippen LogP) is 2.16. The Balaban J connectivity index is 1.90. The van der Waals surface area contributed by atoms with Crippen LogP contribution in [0.4, 0.5) is 4.39 Å². The molecule has 3 rings (SSSR count). The van der Waals surface area contributed by atoms with Gasteiger partial charge in [0.2, 0.25) is 0 Å². The van der Waals surface area contributed by atoms with Gasteiger partial charge in [-0.1, -0.05) is 15.9 Å². The molecule has 0 amide bonds. The molecule has 0 radical (unpaired) electrons. The van der Waals surface area contributed by atoms with Crippen LogP contribution in [0.15, 0.2) is 29.0 Å². The lowest BCUT2D eigenvalue weighted by molar-refractivity contribution is -0.156. The van der Waals surface area contributed by atoms with Crippen molar-refractivity contribution >= 4 is 21.6 Å². The molecule has 102 valence electrons. The Morgan fingerprint density at radius 2 is 2.32 bits per heavy atom. The molecule has 1 atom stereocenters.